The zero-order valence-electron chi connectivity index (χ0n) is 16.0. The molecule has 7 fully saturated rings. The van der Waals surface area contributed by atoms with Crippen LogP contribution in [0.15, 0.2) is 23.1 Å². The SMILES string of the molecule is C/C(C1=CC(=O)OC1=O)=c1\ccs\c1=C1/C2C[C@H]3C4CC5CC(C14)[C@H](C2)C3C5. The number of esters is 2. The third-order valence-electron chi connectivity index (χ3n) is 9.26. The Morgan fingerprint density at radius 2 is 1.68 bits per heavy atom. The predicted octanol–water partition coefficient (Wildman–Crippen LogP) is 3.03. The molecule has 4 heteroatoms. The Balaban J connectivity index is 1.46. The van der Waals surface area contributed by atoms with Crippen LogP contribution in [-0.4, -0.2) is 11.9 Å². The Labute approximate surface area is 168 Å². The molecular weight excluding hydrogens is 368 g/mol. The van der Waals surface area contributed by atoms with Crippen LogP contribution in [0.5, 0.6) is 0 Å². The van der Waals surface area contributed by atoms with Gasteiger partial charge in [-0.25, -0.2) is 9.59 Å². The fourth-order valence-electron chi connectivity index (χ4n) is 8.60. The zero-order valence-corrected chi connectivity index (χ0v) is 16.8. The van der Waals surface area contributed by atoms with E-state index < -0.39 is 11.9 Å². The van der Waals surface area contributed by atoms with Gasteiger partial charge in [-0.2, -0.15) is 0 Å². The maximum Gasteiger partial charge on any atom is 0.346 e. The predicted molar refractivity (Wildman–Crippen MR) is 106 cm³/mol. The molecule has 1 aliphatic heterocycles. The minimum Gasteiger partial charge on any atom is -0.386 e. The van der Waals surface area contributed by atoms with Gasteiger partial charge in [-0.1, -0.05) is 0 Å². The molecule has 0 spiro atoms. The number of ether oxygens (including phenoxy) is 1. The van der Waals surface area contributed by atoms with Crippen LogP contribution in [0.25, 0.3) is 11.1 Å². The molecule has 7 saturated carbocycles. The summed E-state index contributed by atoms with van der Waals surface area (Å²) in [7, 11) is 0. The quantitative estimate of drug-likeness (QED) is 0.545. The molecule has 8 aliphatic rings. The van der Waals surface area contributed by atoms with Gasteiger partial charge in [-0.15, -0.1) is 11.3 Å². The van der Waals surface area contributed by atoms with Gasteiger partial charge >= 0.3 is 11.9 Å². The van der Waals surface area contributed by atoms with Gasteiger partial charge in [-0.05, 0) is 114 Å². The highest BCUT2D eigenvalue weighted by molar-refractivity contribution is 7.07. The molecule has 4 atom stereocenters. The number of hydrogen-bond donors (Lipinski definition) is 0. The molecule has 9 rings (SSSR count). The molecule has 8 bridgehead atoms. The maximum atomic E-state index is 12.1. The lowest BCUT2D eigenvalue weighted by atomic mass is 9.35. The lowest BCUT2D eigenvalue weighted by Crippen LogP contribution is -2.63. The van der Waals surface area contributed by atoms with Gasteiger partial charge in [0.05, 0.1) is 5.57 Å². The summed E-state index contributed by atoms with van der Waals surface area (Å²) in [5, 5.41) is 3.33. The van der Waals surface area contributed by atoms with Crippen LogP contribution >= 0.6 is 11.3 Å². The molecule has 3 nitrogen and oxygen atoms in total. The van der Waals surface area contributed by atoms with E-state index >= 15 is 0 Å². The van der Waals surface area contributed by atoms with Crippen LogP contribution < -0.4 is 9.75 Å². The maximum absolute atomic E-state index is 12.1. The molecule has 2 unspecified atom stereocenters. The van der Waals surface area contributed by atoms with Crippen LogP contribution in [0.4, 0.5) is 0 Å². The largest absolute Gasteiger partial charge is 0.386 e. The molecule has 7 aliphatic carbocycles. The Hall–Kier alpha value is -1.68. The van der Waals surface area contributed by atoms with E-state index in [-0.39, 0.29) is 0 Å². The first-order valence-electron chi connectivity index (χ1n) is 10.9. The van der Waals surface area contributed by atoms with Crippen molar-refractivity contribution in [2.45, 2.75) is 39.0 Å². The lowest BCUT2D eigenvalue weighted by Gasteiger charge is -2.70. The average Bonchev–Trinajstić information content (AvgIpc) is 3.30. The number of carbonyl (C=O) groups excluding carboxylic acids is 2. The van der Waals surface area contributed by atoms with Gasteiger partial charge in [0.15, 0.2) is 0 Å². The summed E-state index contributed by atoms with van der Waals surface area (Å²) >= 11 is 1.85. The highest BCUT2D eigenvalue weighted by Crippen LogP contribution is 2.72. The molecule has 0 saturated heterocycles. The van der Waals surface area contributed by atoms with Crippen molar-refractivity contribution in [3.63, 3.8) is 0 Å². The first-order chi connectivity index (χ1) is 13.6. The first kappa shape index (κ1) is 16.2. The second-order valence-corrected chi connectivity index (χ2v) is 11.0. The van der Waals surface area contributed by atoms with E-state index in [1.54, 1.807) is 5.57 Å². The van der Waals surface area contributed by atoms with Gasteiger partial charge < -0.3 is 4.74 Å². The summed E-state index contributed by atoms with van der Waals surface area (Å²) in [6.45, 7) is 1.98. The number of cyclic esters (lactones) is 2. The zero-order chi connectivity index (χ0) is 18.7. The summed E-state index contributed by atoms with van der Waals surface area (Å²) in [4.78, 5) is 23.7. The minimum atomic E-state index is -0.535. The Morgan fingerprint density at radius 3 is 2.36 bits per heavy atom. The molecule has 2 heterocycles. The molecule has 0 amide bonds. The van der Waals surface area contributed by atoms with Crippen molar-refractivity contribution in [2.24, 2.45) is 47.3 Å². The molecule has 0 N–H and O–H groups in total. The van der Waals surface area contributed by atoms with Crippen LogP contribution in [-0.2, 0) is 14.3 Å². The van der Waals surface area contributed by atoms with Crippen molar-refractivity contribution in [3.8, 4) is 0 Å². The van der Waals surface area contributed by atoms with E-state index in [0.717, 1.165) is 58.1 Å². The number of hydrogen-bond acceptors (Lipinski definition) is 4. The van der Waals surface area contributed by atoms with E-state index in [1.165, 1.54) is 42.7 Å². The Kier molecular flexibility index (Phi) is 3.04. The minimum absolute atomic E-state index is 0.440. The molecule has 28 heavy (non-hydrogen) atoms. The summed E-state index contributed by atoms with van der Waals surface area (Å²) in [6.07, 6.45) is 8.61. The van der Waals surface area contributed by atoms with E-state index in [0.29, 0.717) is 5.57 Å². The van der Waals surface area contributed by atoms with Crippen molar-refractivity contribution in [3.05, 3.63) is 32.8 Å². The number of carbonyl (C=O) groups is 2. The normalized spacial score (nSPS) is 47.7. The van der Waals surface area contributed by atoms with Gasteiger partial charge in [0.25, 0.3) is 0 Å². The highest BCUT2D eigenvalue weighted by atomic mass is 32.1. The Bertz CT molecular complexity index is 1070. The fourth-order valence-corrected chi connectivity index (χ4v) is 9.73. The van der Waals surface area contributed by atoms with Crippen LogP contribution in [0.1, 0.15) is 39.0 Å². The average molecular weight is 393 g/mol. The van der Waals surface area contributed by atoms with E-state index in [1.807, 2.05) is 18.3 Å². The summed E-state index contributed by atoms with van der Waals surface area (Å²) in [6, 6.07) is 2.15. The smallest absolute Gasteiger partial charge is 0.346 e. The standard InChI is InChI=1S/C24H24O3S/c1-10(14-9-20(25)27-24(14)26)13-2-3-28-23(13)21-12-7-16-15-4-11-5-18(16)22(21)19(6-11)17(15)8-12/h2-3,9,11-12,15-19,22H,4-8H2,1H3/b13-10-,23-21+/t11?,12?,15?,16-,17-,18?,19?,22?/m1/s1. The summed E-state index contributed by atoms with van der Waals surface area (Å²) in [5.41, 5.74) is 3.07. The third kappa shape index (κ3) is 1.86. The monoisotopic (exact) mass is 392 g/mol. The highest BCUT2D eigenvalue weighted by Gasteiger charge is 2.65. The molecule has 1 aromatic heterocycles. The number of rotatable bonds is 1. The van der Waals surface area contributed by atoms with Crippen molar-refractivity contribution in [1.29, 1.82) is 0 Å². The van der Waals surface area contributed by atoms with Gasteiger partial charge in [-0.3, -0.25) is 0 Å². The first-order valence-corrected chi connectivity index (χ1v) is 11.7. The van der Waals surface area contributed by atoms with Crippen molar-refractivity contribution >= 4 is 34.4 Å². The van der Waals surface area contributed by atoms with E-state index in [2.05, 4.69) is 11.4 Å². The van der Waals surface area contributed by atoms with E-state index in [4.69, 9.17) is 4.74 Å². The fraction of sp³-hybridized carbons (Fsp3) is 0.583. The van der Waals surface area contributed by atoms with E-state index in [9.17, 15) is 9.59 Å². The number of thiophene rings is 1. The van der Waals surface area contributed by atoms with Gasteiger partial charge in [0, 0.05) is 10.6 Å². The Morgan fingerprint density at radius 1 is 1.00 bits per heavy atom. The van der Waals surface area contributed by atoms with Crippen LogP contribution in [0.2, 0.25) is 0 Å². The molecule has 1 aromatic rings. The molecule has 0 aromatic carbocycles. The molecule has 144 valence electrons. The van der Waals surface area contributed by atoms with Crippen LogP contribution in [0, 0.1) is 47.3 Å². The summed E-state index contributed by atoms with van der Waals surface area (Å²) < 4.78 is 6.16. The van der Waals surface area contributed by atoms with Gasteiger partial charge in [0.1, 0.15) is 0 Å². The topological polar surface area (TPSA) is 43.4 Å². The third-order valence-corrected chi connectivity index (χ3v) is 10.2. The van der Waals surface area contributed by atoms with Crippen LogP contribution in [0.3, 0.4) is 0 Å². The molecular formula is C24H24O3S. The van der Waals surface area contributed by atoms with Crippen molar-refractivity contribution in [1.82, 2.24) is 0 Å². The lowest BCUT2D eigenvalue weighted by molar-refractivity contribution is -0.163. The second kappa shape index (κ2) is 5.27. The van der Waals surface area contributed by atoms with Crippen molar-refractivity contribution in [2.75, 3.05) is 0 Å². The second-order valence-electron chi connectivity index (χ2n) is 10.1. The summed E-state index contributed by atoms with van der Waals surface area (Å²) in [5.74, 6) is 6.35. The van der Waals surface area contributed by atoms with Crippen molar-refractivity contribution < 1.29 is 14.3 Å². The van der Waals surface area contributed by atoms with Gasteiger partial charge in [0.2, 0.25) is 0 Å². The molecule has 0 radical (unpaired) electrons.